The van der Waals surface area contributed by atoms with Gasteiger partial charge in [-0.25, -0.2) is 0 Å². The molecule has 1 unspecified atom stereocenters. The molecule has 78 valence electrons. The molecule has 2 nitrogen and oxygen atoms in total. The van der Waals surface area contributed by atoms with Gasteiger partial charge in [-0.15, -0.1) is 11.8 Å². The van der Waals surface area contributed by atoms with Gasteiger partial charge in [0.15, 0.2) is 0 Å². The van der Waals surface area contributed by atoms with Crippen molar-refractivity contribution in [3.8, 4) is 0 Å². The van der Waals surface area contributed by atoms with Gasteiger partial charge in [-0.2, -0.15) is 0 Å². The fraction of sp³-hybridized carbons (Fsp3) is 0.455. The largest absolute Gasteiger partial charge is 0.395 e. The first-order chi connectivity index (χ1) is 6.63. The topological polar surface area (TPSA) is 46.2 Å². The van der Waals surface area contributed by atoms with Crippen molar-refractivity contribution < 1.29 is 5.11 Å². The van der Waals surface area contributed by atoms with Crippen LogP contribution in [0.1, 0.15) is 11.1 Å². The van der Waals surface area contributed by atoms with Gasteiger partial charge in [0.05, 0.1) is 6.61 Å². The van der Waals surface area contributed by atoms with Crippen molar-refractivity contribution in [2.24, 2.45) is 5.73 Å². The van der Waals surface area contributed by atoms with Gasteiger partial charge >= 0.3 is 0 Å². The molecule has 0 amide bonds. The molecule has 0 aliphatic heterocycles. The second-order valence-electron chi connectivity index (χ2n) is 3.52. The number of aryl methyl sites for hydroxylation is 2. The van der Waals surface area contributed by atoms with Crippen molar-refractivity contribution in [1.29, 1.82) is 0 Å². The van der Waals surface area contributed by atoms with Gasteiger partial charge in [-0.05, 0) is 25.5 Å². The monoisotopic (exact) mass is 211 g/mol. The van der Waals surface area contributed by atoms with Crippen LogP contribution in [-0.2, 0) is 0 Å². The van der Waals surface area contributed by atoms with Gasteiger partial charge in [-0.3, -0.25) is 0 Å². The molecule has 0 spiro atoms. The second-order valence-corrected chi connectivity index (χ2v) is 4.58. The first-order valence-corrected chi connectivity index (χ1v) is 5.68. The predicted molar refractivity (Wildman–Crippen MR) is 61.7 cm³/mol. The van der Waals surface area contributed by atoms with Crippen LogP contribution in [0.15, 0.2) is 23.1 Å². The lowest BCUT2D eigenvalue weighted by molar-refractivity contribution is 0.275. The molecular formula is C11H17NOS. The van der Waals surface area contributed by atoms with E-state index in [4.69, 9.17) is 10.8 Å². The van der Waals surface area contributed by atoms with Crippen LogP contribution in [0.3, 0.4) is 0 Å². The van der Waals surface area contributed by atoms with Gasteiger partial charge in [0.25, 0.3) is 0 Å². The van der Waals surface area contributed by atoms with Gasteiger partial charge < -0.3 is 10.8 Å². The van der Waals surface area contributed by atoms with E-state index >= 15 is 0 Å². The lowest BCUT2D eigenvalue weighted by atomic mass is 10.2. The Morgan fingerprint density at radius 2 is 2.14 bits per heavy atom. The maximum Gasteiger partial charge on any atom is 0.0590 e. The predicted octanol–water partition coefficient (Wildman–Crippen LogP) is 1.72. The van der Waals surface area contributed by atoms with Gasteiger partial charge in [0.2, 0.25) is 0 Å². The van der Waals surface area contributed by atoms with Gasteiger partial charge in [0, 0.05) is 16.7 Å². The Morgan fingerprint density at radius 1 is 1.43 bits per heavy atom. The highest BCUT2D eigenvalue weighted by atomic mass is 32.2. The van der Waals surface area contributed by atoms with Crippen molar-refractivity contribution in [2.45, 2.75) is 24.8 Å². The standard InChI is InChI=1S/C11H17NOS/c1-8-3-4-9(2)11(5-8)14-7-10(12)6-13/h3-5,10,13H,6-7,12H2,1-2H3. The highest BCUT2D eigenvalue weighted by molar-refractivity contribution is 7.99. The summed E-state index contributed by atoms with van der Waals surface area (Å²) >= 11 is 1.71. The van der Waals surface area contributed by atoms with Crippen molar-refractivity contribution in [1.82, 2.24) is 0 Å². The van der Waals surface area contributed by atoms with E-state index in [9.17, 15) is 0 Å². The molecule has 1 aromatic rings. The third-order valence-electron chi connectivity index (χ3n) is 2.03. The molecule has 1 atom stereocenters. The zero-order valence-electron chi connectivity index (χ0n) is 8.66. The minimum Gasteiger partial charge on any atom is -0.395 e. The first kappa shape index (κ1) is 11.6. The summed E-state index contributed by atoms with van der Waals surface area (Å²) in [7, 11) is 0. The number of nitrogens with two attached hydrogens (primary N) is 1. The molecule has 0 aliphatic carbocycles. The zero-order chi connectivity index (χ0) is 10.6. The molecule has 0 bridgehead atoms. The Bertz CT molecular complexity index is 301. The number of rotatable bonds is 4. The molecule has 0 fully saturated rings. The number of aliphatic hydroxyl groups excluding tert-OH is 1. The number of aliphatic hydroxyl groups is 1. The molecule has 1 rings (SSSR count). The Hall–Kier alpha value is -0.510. The van der Waals surface area contributed by atoms with Crippen LogP contribution in [0.5, 0.6) is 0 Å². The highest BCUT2D eigenvalue weighted by Crippen LogP contribution is 2.23. The summed E-state index contributed by atoms with van der Waals surface area (Å²) in [5.74, 6) is 0.765. The lowest BCUT2D eigenvalue weighted by Gasteiger charge is -2.10. The van der Waals surface area contributed by atoms with Crippen LogP contribution in [0.2, 0.25) is 0 Å². The van der Waals surface area contributed by atoms with Crippen LogP contribution < -0.4 is 5.73 Å². The van der Waals surface area contributed by atoms with E-state index in [1.165, 1.54) is 16.0 Å². The minimum atomic E-state index is -0.125. The Kier molecular flexibility index (Phi) is 4.45. The number of hydrogen-bond acceptors (Lipinski definition) is 3. The van der Waals surface area contributed by atoms with E-state index in [1.807, 2.05) is 0 Å². The summed E-state index contributed by atoms with van der Waals surface area (Å²) < 4.78 is 0. The number of benzene rings is 1. The number of thioether (sulfide) groups is 1. The second kappa shape index (κ2) is 5.39. The lowest BCUT2D eigenvalue weighted by Crippen LogP contribution is -2.26. The Morgan fingerprint density at radius 3 is 2.79 bits per heavy atom. The minimum absolute atomic E-state index is 0.0534. The highest BCUT2D eigenvalue weighted by Gasteiger charge is 2.03. The van der Waals surface area contributed by atoms with E-state index in [0.717, 1.165) is 5.75 Å². The molecule has 0 saturated carbocycles. The maximum absolute atomic E-state index is 8.80. The molecule has 0 radical (unpaired) electrons. The van der Waals surface area contributed by atoms with Crippen LogP contribution in [0.4, 0.5) is 0 Å². The summed E-state index contributed by atoms with van der Waals surface area (Å²) in [6.45, 7) is 4.22. The summed E-state index contributed by atoms with van der Waals surface area (Å²) in [4.78, 5) is 1.26. The van der Waals surface area contributed by atoms with Crippen molar-refractivity contribution in [3.05, 3.63) is 29.3 Å². The summed E-state index contributed by atoms with van der Waals surface area (Å²) in [5.41, 5.74) is 8.17. The average Bonchev–Trinajstić information content (AvgIpc) is 2.19. The molecule has 14 heavy (non-hydrogen) atoms. The fourth-order valence-corrected chi connectivity index (χ4v) is 2.18. The van der Waals surface area contributed by atoms with Crippen LogP contribution in [0.25, 0.3) is 0 Å². The fourth-order valence-electron chi connectivity index (χ4n) is 1.11. The van der Waals surface area contributed by atoms with Crippen molar-refractivity contribution in [3.63, 3.8) is 0 Å². The van der Waals surface area contributed by atoms with Crippen LogP contribution in [0, 0.1) is 13.8 Å². The van der Waals surface area contributed by atoms with E-state index < -0.39 is 0 Å². The molecule has 3 heteroatoms. The SMILES string of the molecule is Cc1ccc(C)c(SCC(N)CO)c1. The smallest absolute Gasteiger partial charge is 0.0590 e. The molecule has 0 heterocycles. The van der Waals surface area contributed by atoms with E-state index in [1.54, 1.807) is 11.8 Å². The maximum atomic E-state index is 8.80. The van der Waals surface area contributed by atoms with Crippen LogP contribution in [-0.4, -0.2) is 23.5 Å². The van der Waals surface area contributed by atoms with E-state index in [2.05, 4.69) is 32.0 Å². The Labute approximate surface area is 89.5 Å². The molecule has 0 aliphatic rings. The van der Waals surface area contributed by atoms with Crippen molar-refractivity contribution in [2.75, 3.05) is 12.4 Å². The van der Waals surface area contributed by atoms with Gasteiger partial charge in [0.1, 0.15) is 0 Å². The third kappa shape index (κ3) is 3.33. The average molecular weight is 211 g/mol. The van der Waals surface area contributed by atoms with Crippen molar-refractivity contribution >= 4 is 11.8 Å². The summed E-state index contributed by atoms with van der Waals surface area (Å²) in [6, 6.07) is 6.25. The molecular weight excluding hydrogens is 194 g/mol. The third-order valence-corrected chi connectivity index (χ3v) is 3.38. The summed E-state index contributed by atoms with van der Waals surface area (Å²) in [5, 5.41) is 8.80. The summed E-state index contributed by atoms with van der Waals surface area (Å²) in [6.07, 6.45) is 0. The van der Waals surface area contributed by atoms with Gasteiger partial charge in [-0.1, -0.05) is 17.7 Å². The molecule has 0 aromatic heterocycles. The normalized spacial score (nSPS) is 12.9. The van der Waals surface area contributed by atoms with E-state index in [0.29, 0.717) is 0 Å². The first-order valence-electron chi connectivity index (χ1n) is 4.70. The number of hydrogen-bond donors (Lipinski definition) is 2. The molecule has 1 aromatic carbocycles. The zero-order valence-corrected chi connectivity index (χ0v) is 9.47. The Balaban J connectivity index is 2.62. The quantitative estimate of drug-likeness (QED) is 0.745. The van der Waals surface area contributed by atoms with E-state index in [-0.39, 0.29) is 12.6 Å². The molecule has 3 N–H and O–H groups in total. The molecule has 0 saturated heterocycles. The van der Waals surface area contributed by atoms with Crippen LogP contribution >= 0.6 is 11.8 Å².